The molecule has 25 heavy (non-hydrogen) atoms. The van der Waals surface area contributed by atoms with Crippen LogP contribution in [0.15, 0.2) is 24.3 Å². The molecule has 2 fully saturated rings. The van der Waals surface area contributed by atoms with Crippen molar-refractivity contribution in [2.75, 3.05) is 31.9 Å². The van der Waals surface area contributed by atoms with E-state index in [-0.39, 0.29) is 23.5 Å². The fourth-order valence-corrected chi connectivity index (χ4v) is 5.44. The highest BCUT2D eigenvalue weighted by Gasteiger charge is 2.34. The molecule has 0 N–H and O–H groups in total. The Hall–Kier alpha value is -1.11. The maximum Gasteiger partial charge on any atom is 0.223 e. The summed E-state index contributed by atoms with van der Waals surface area (Å²) in [7, 11) is -3.12. The molecule has 0 atom stereocenters. The van der Waals surface area contributed by atoms with Crippen LogP contribution in [-0.4, -0.2) is 55.5 Å². The van der Waals surface area contributed by atoms with Crippen molar-refractivity contribution in [1.29, 1.82) is 0 Å². The second-order valence-corrected chi connectivity index (χ2v) is 9.80. The quantitative estimate of drug-likeness (QED) is 0.801. The third kappa shape index (κ3) is 4.18. The number of carbonyl (C=O) groups excluding carboxylic acids is 1. The van der Waals surface area contributed by atoms with Gasteiger partial charge in [-0.15, -0.1) is 0 Å². The summed E-state index contributed by atoms with van der Waals surface area (Å²) < 4.78 is 25.1. The maximum atomic E-state index is 12.5. The van der Waals surface area contributed by atoms with E-state index in [1.165, 1.54) is 9.87 Å². The highest BCUT2D eigenvalue weighted by atomic mass is 35.5. The lowest BCUT2D eigenvalue weighted by Gasteiger charge is -2.40. The maximum absolute atomic E-state index is 12.5. The summed E-state index contributed by atoms with van der Waals surface area (Å²) in [6, 6.07) is 7.95. The minimum atomic E-state index is -3.12. The molecule has 2 heterocycles. The number of hydrogen-bond acceptors (Lipinski definition) is 3. The zero-order valence-corrected chi connectivity index (χ0v) is 16.2. The Morgan fingerprint density at radius 3 is 2.56 bits per heavy atom. The van der Waals surface area contributed by atoms with Crippen LogP contribution in [0.1, 0.15) is 38.2 Å². The smallest absolute Gasteiger partial charge is 0.223 e. The Bertz CT molecular complexity index is 742. The largest absolute Gasteiger partial charge is 0.343 e. The van der Waals surface area contributed by atoms with E-state index >= 15 is 0 Å². The molecule has 2 aliphatic rings. The summed E-state index contributed by atoms with van der Waals surface area (Å²) in [6.45, 7) is 4.48. The Labute approximate surface area is 155 Å². The minimum Gasteiger partial charge on any atom is -0.343 e. The van der Waals surface area contributed by atoms with Gasteiger partial charge in [-0.3, -0.25) is 4.79 Å². The van der Waals surface area contributed by atoms with Gasteiger partial charge in [0.1, 0.15) is 0 Å². The van der Waals surface area contributed by atoms with Gasteiger partial charge in [0, 0.05) is 37.6 Å². The highest BCUT2D eigenvalue weighted by Crippen LogP contribution is 2.36. The first-order valence-electron chi connectivity index (χ1n) is 8.82. The van der Waals surface area contributed by atoms with Gasteiger partial charge in [-0.05, 0) is 42.4 Å². The summed E-state index contributed by atoms with van der Waals surface area (Å²) in [5.41, 5.74) is 1.25. The van der Waals surface area contributed by atoms with Crippen LogP contribution in [0.25, 0.3) is 0 Å². The molecule has 0 spiro atoms. The third-order valence-electron chi connectivity index (χ3n) is 5.52. The molecule has 0 radical (unpaired) electrons. The van der Waals surface area contributed by atoms with Crippen molar-refractivity contribution in [3.05, 3.63) is 34.9 Å². The van der Waals surface area contributed by atoms with Gasteiger partial charge in [-0.1, -0.05) is 30.7 Å². The summed E-state index contributed by atoms with van der Waals surface area (Å²) in [6.07, 6.45) is 2.72. The van der Waals surface area contributed by atoms with Gasteiger partial charge < -0.3 is 4.90 Å². The lowest BCUT2D eigenvalue weighted by molar-refractivity contribution is -0.132. The average Bonchev–Trinajstić information content (AvgIpc) is 2.92. The predicted molar refractivity (Wildman–Crippen MR) is 99.2 cm³/mol. The number of halogens is 1. The van der Waals surface area contributed by atoms with Gasteiger partial charge in [0.2, 0.25) is 15.9 Å². The zero-order chi connectivity index (χ0) is 18.1. The van der Waals surface area contributed by atoms with Crippen molar-refractivity contribution in [1.82, 2.24) is 9.21 Å². The van der Waals surface area contributed by atoms with Gasteiger partial charge in [-0.25, -0.2) is 12.7 Å². The number of carbonyl (C=O) groups is 1. The van der Waals surface area contributed by atoms with Gasteiger partial charge in [0.05, 0.1) is 5.75 Å². The first-order valence-corrected chi connectivity index (χ1v) is 10.8. The molecule has 1 amide bonds. The van der Waals surface area contributed by atoms with Crippen molar-refractivity contribution in [3.63, 3.8) is 0 Å². The molecule has 0 unspecified atom stereocenters. The molecule has 3 rings (SSSR count). The number of benzene rings is 1. The Kier molecular flexibility index (Phi) is 5.42. The Morgan fingerprint density at radius 2 is 1.96 bits per heavy atom. The van der Waals surface area contributed by atoms with Crippen LogP contribution in [0.5, 0.6) is 0 Å². The molecule has 0 saturated carbocycles. The normalized spacial score (nSPS) is 22.9. The second kappa shape index (κ2) is 7.25. The molecule has 0 aliphatic carbocycles. The van der Waals surface area contributed by atoms with E-state index in [4.69, 9.17) is 11.6 Å². The molecule has 5 nitrogen and oxygen atoms in total. The molecule has 0 bridgehead atoms. The van der Waals surface area contributed by atoms with E-state index in [1.807, 2.05) is 23.1 Å². The number of likely N-dealkylation sites (tertiary alicyclic amines) is 1. The van der Waals surface area contributed by atoms with Gasteiger partial charge >= 0.3 is 0 Å². The van der Waals surface area contributed by atoms with Crippen LogP contribution in [0.4, 0.5) is 0 Å². The van der Waals surface area contributed by atoms with E-state index < -0.39 is 10.0 Å². The zero-order valence-electron chi connectivity index (χ0n) is 14.6. The fraction of sp³-hybridized carbons (Fsp3) is 0.611. The van der Waals surface area contributed by atoms with Gasteiger partial charge in [0.25, 0.3) is 0 Å². The lowest BCUT2D eigenvalue weighted by atomic mass is 9.74. The topological polar surface area (TPSA) is 57.7 Å². The first-order chi connectivity index (χ1) is 11.8. The minimum absolute atomic E-state index is 0.0277. The van der Waals surface area contributed by atoms with Crippen molar-refractivity contribution >= 4 is 27.5 Å². The fourth-order valence-electron chi connectivity index (χ4n) is 3.72. The highest BCUT2D eigenvalue weighted by molar-refractivity contribution is 7.89. The Morgan fingerprint density at radius 1 is 1.24 bits per heavy atom. The molecule has 138 valence electrons. The number of amides is 1. The SMILES string of the molecule is CC1(c2cccc(Cl)c2)CCN(C(=O)CCN2CCCS2(=O)=O)CC1. The van der Waals surface area contributed by atoms with E-state index in [0.29, 0.717) is 32.6 Å². The second-order valence-electron chi connectivity index (χ2n) is 7.27. The van der Waals surface area contributed by atoms with Crippen molar-refractivity contribution in [2.24, 2.45) is 0 Å². The number of rotatable bonds is 4. The number of nitrogens with zero attached hydrogens (tertiary/aromatic N) is 2. The molecule has 0 aromatic heterocycles. The van der Waals surface area contributed by atoms with E-state index in [0.717, 1.165) is 17.9 Å². The third-order valence-corrected chi connectivity index (χ3v) is 7.71. The molecule has 1 aromatic carbocycles. The molecule has 1 aromatic rings. The Balaban J connectivity index is 1.54. The lowest BCUT2D eigenvalue weighted by Crippen LogP contribution is -2.44. The monoisotopic (exact) mass is 384 g/mol. The summed E-state index contributed by atoms with van der Waals surface area (Å²) in [4.78, 5) is 14.3. The molecule has 2 saturated heterocycles. The van der Waals surface area contributed by atoms with Gasteiger partial charge in [0.15, 0.2) is 0 Å². The first kappa shape index (κ1) is 18.7. The number of sulfonamides is 1. The standard InChI is InChI=1S/C18H25ClN2O3S/c1-18(15-4-2-5-16(19)14-15)7-11-20(12-8-18)17(22)6-10-21-9-3-13-25(21,23)24/h2,4-5,14H,3,6-13H2,1H3. The summed E-state index contributed by atoms with van der Waals surface area (Å²) in [5, 5.41) is 0.740. The van der Waals surface area contributed by atoms with Gasteiger partial charge in [-0.2, -0.15) is 0 Å². The number of hydrogen-bond donors (Lipinski definition) is 0. The van der Waals surface area contributed by atoms with Crippen LogP contribution in [0, 0.1) is 0 Å². The van der Waals surface area contributed by atoms with E-state index in [9.17, 15) is 13.2 Å². The summed E-state index contributed by atoms with van der Waals surface area (Å²) in [5.74, 6) is 0.262. The molecule has 7 heteroatoms. The van der Waals surface area contributed by atoms with E-state index in [2.05, 4.69) is 13.0 Å². The van der Waals surface area contributed by atoms with Crippen molar-refractivity contribution < 1.29 is 13.2 Å². The van der Waals surface area contributed by atoms with Crippen molar-refractivity contribution in [2.45, 2.75) is 38.0 Å². The average molecular weight is 385 g/mol. The van der Waals surface area contributed by atoms with Crippen LogP contribution in [0.3, 0.4) is 0 Å². The molecular formula is C18H25ClN2O3S. The van der Waals surface area contributed by atoms with Crippen LogP contribution < -0.4 is 0 Å². The number of piperidine rings is 1. The predicted octanol–water partition coefficient (Wildman–Crippen LogP) is 2.65. The van der Waals surface area contributed by atoms with E-state index in [1.54, 1.807) is 0 Å². The van der Waals surface area contributed by atoms with Crippen LogP contribution in [0.2, 0.25) is 5.02 Å². The molecule has 2 aliphatic heterocycles. The molecular weight excluding hydrogens is 360 g/mol. The van der Waals surface area contributed by atoms with Crippen molar-refractivity contribution in [3.8, 4) is 0 Å². The van der Waals surface area contributed by atoms with Crippen LogP contribution >= 0.6 is 11.6 Å². The van der Waals surface area contributed by atoms with Crippen LogP contribution in [-0.2, 0) is 20.2 Å². The summed E-state index contributed by atoms with van der Waals surface area (Å²) >= 11 is 6.11.